The van der Waals surface area contributed by atoms with Crippen LogP contribution in [0.25, 0.3) is 16.2 Å². The molecule has 216 valence electrons. The van der Waals surface area contributed by atoms with E-state index in [-0.39, 0.29) is 0 Å². The number of thiophene rings is 1. The number of aryl methyl sites for hydroxylation is 1. The molecule has 0 N–H and O–H groups in total. The number of benzene rings is 2. The van der Waals surface area contributed by atoms with E-state index in [4.69, 9.17) is 9.47 Å². The molecule has 0 bridgehead atoms. The first-order valence-electron chi connectivity index (χ1n) is 15.2. The molecule has 3 aliphatic rings. The number of rotatable bonds is 8. The van der Waals surface area contributed by atoms with Gasteiger partial charge in [-0.2, -0.15) is 0 Å². The predicted molar refractivity (Wildman–Crippen MR) is 167 cm³/mol. The number of hydrogen-bond donors (Lipinski definition) is 0. The largest absolute Gasteiger partial charge is 0.497 e. The van der Waals surface area contributed by atoms with Gasteiger partial charge in [-0.1, -0.05) is 64.2 Å². The van der Waals surface area contributed by atoms with Gasteiger partial charge in [-0.05, 0) is 97.0 Å². The third-order valence-corrected chi connectivity index (χ3v) is 12.1. The fourth-order valence-electron chi connectivity index (χ4n) is 6.55. The third kappa shape index (κ3) is 7.12. The molecule has 40 heavy (non-hydrogen) atoms. The summed E-state index contributed by atoms with van der Waals surface area (Å²) in [5.41, 5.74) is 0.800. The van der Waals surface area contributed by atoms with Crippen LogP contribution in [0.15, 0.2) is 52.3 Å². The zero-order valence-electron chi connectivity index (χ0n) is 24.1. The van der Waals surface area contributed by atoms with Gasteiger partial charge >= 0.3 is 0 Å². The molecule has 6 heteroatoms. The lowest BCUT2D eigenvalue weighted by Gasteiger charge is -2.21. The summed E-state index contributed by atoms with van der Waals surface area (Å²) in [6.07, 6.45) is 19.9. The van der Waals surface area contributed by atoms with E-state index in [9.17, 15) is 8.42 Å². The Kier molecular flexibility index (Phi) is 9.90. The molecule has 2 heterocycles. The molecule has 2 aliphatic carbocycles. The van der Waals surface area contributed by atoms with Crippen molar-refractivity contribution < 1.29 is 17.9 Å². The van der Waals surface area contributed by atoms with Crippen LogP contribution in [0, 0.1) is 11.8 Å². The van der Waals surface area contributed by atoms with Crippen LogP contribution in [0.5, 0.6) is 11.5 Å². The van der Waals surface area contributed by atoms with E-state index in [1.807, 2.05) is 29.5 Å². The second-order valence-corrected chi connectivity index (χ2v) is 14.9. The Hall–Kier alpha value is -2.31. The van der Waals surface area contributed by atoms with Crippen molar-refractivity contribution in [2.24, 2.45) is 11.8 Å². The van der Waals surface area contributed by atoms with Gasteiger partial charge in [0.2, 0.25) is 9.84 Å². The normalized spacial score (nSPS) is 19.0. The first-order chi connectivity index (χ1) is 19.5. The average molecular weight is 581 g/mol. The standard InChI is InChI=1S/C17H22O3S.C17H22OS/c1-20-15-9-8-14-11-16(21(18,19)17(14)12-15)10-7-13-5-3-2-4-6-13;1-18-15-9-8-14-11-16(19-17(14)12-15)10-7-13-5-3-2-4-6-13/h8-9,11-13H,2-7,10H2,1H3;8-9,11-13H,2-7,10H2,1H3. The number of allylic oxidation sites excluding steroid dienone is 1. The van der Waals surface area contributed by atoms with Crippen molar-refractivity contribution in [1.29, 1.82) is 0 Å². The predicted octanol–water partition coefficient (Wildman–Crippen LogP) is 9.61. The molecule has 0 amide bonds. The maximum atomic E-state index is 12.6. The minimum atomic E-state index is -3.30. The van der Waals surface area contributed by atoms with Crippen molar-refractivity contribution in [2.75, 3.05) is 14.2 Å². The van der Waals surface area contributed by atoms with Crippen LogP contribution in [0.3, 0.4) is 0 Å². The highest BCUT2D eigenvalue weighted by Gasteiger charge is 2.30. The second-order valence-electron chi connectivity index (χ2n) is 11.7. The number of methoxy groups -OCH3 is 2. The lowest BCUT2D eigenvalue weighted by molar-refractivity contribution is 0.340. The fourth-order valence-corrected chi connectivity index (χ4v) is 9.32. The van der Waals surface area contributed by atoms with Crippen LogP contribution in [0.1, 0.15) is 93.9 Å². The van der Waals surface area contributed by atoms with Gasteiger partial charge in [-0.3, -0.25) is 0 Å². The lowest BCUT2D eigenvalue weighted by Crippen LogP contribution is -2.08. The maximum Gasteiger partial charge on any atom is 0.203 e. The topological polar surface area (TPSA) is 52.6 Å². The van der Waals surface area contributed by atoms with Crippen LogP contribution in [-0.4, -0.2) is 22.6 Å². The quantitative estimate of drug-likeness (QED) is 0.266. The first-order valence-corrected chi connectivity index (χ1v) is 17.5. The van der Waals surface area contributed by atoms with Crippen molar-refractivity contribution in [3.05, 3.63) is 57.8 Å². The van der Waals surface area contributed by atoms with Gasteiger partial charge in [-0.25, -0.2) is 8.42 Å². The van der Waals surface area contributed by atoms with Crippen LogP contribution >= 0.6 is 11.3 Å². The Labute approximate surface area is 244 Å². The van der Waals surface area contributed by atoms with E-state index in [1.165, 1.54) is 92.0 Å². The summed E-state index contributed by atoms with van der Waals surface area (Å²) in [4.78, 5) is 2.52. The molecule has 2 fully saturated rings. The van der Waals surface area contributed by atoms with E-state index >= 15 is 0 Å². The Morgan fingerprint density at radius 2 is 1.35 bits per heavy atom. The van der Waals surface area contributed by atoms with E-state index < -0.39 is 9.84 Å². The Bertz CT molecular complexity index is 1410. The summed E-state index contributed by atoms with van der Waals surface area (Å²) >= 11 is 1.94. The summed E-state index contributed by atoms with van der Waals surface area (Å²) in [5, 5.41) is 1.37. The Morgan fingerprint density at radius 3 is 2.00 bits per heavy atom. The second kappa shape index (κ2) is 13.6. The Balaban J connectivity index is 0.000000162. The summed E-state index contributed by atoms with van der Waals surface area (Å²) in [6, 6.07) is 14.0. The van der Waals surface area contributed by atoms with Gasteiger partial charge in [0.15, 0.2) is 0 Å². The van der Waals surface area contributed by atoms with Gasteiger partial charge in [0, 0.05) is 14.5 Å². The molecule has 1 aromatic heterocycles. The molecule has 0 saturated heterocycles. The highest BCUT2D eigenvalue weighted by molar-refractivity contribution is 7.95. The molecule has 0 unspecified atom stereocenters. The number of hydrogen-bond acceptors (Lipinski definition) is 5. The molecular formula is C34H44O4S2. The first kappa shape index (κ1) is 29.2. The molecule has 0 radical (unpaired) electrons. The zero-order valence-corrected chi connectivity index (χ0v) is 25.8. The lowest BCUT2D eigenvalue weighted by atomic mass is 9.86. The monoisotopic (exact) mass is 580 g/mol. The van der Waals surface area contributed by atoms with Crippen molar-refractivity contribution >= 4 is 37.3 Å². The van der Waals surface area contributed by atoms with Crippen molar-refractivity contribution in [3.8, 4) is 11.5 Å². The van der Waals surface area contributed by atoms with Crippen molar-refractivity contribution in [1.82, 2.24) is 0 Å². The van der Waals surface area contributed by atoms with E-state index in [1.54, 1.807) is 20.3 Å². The molecule has 6 rings (SSSR count). The molecule has 2 saturated carbocycles. The van der Waals surface area contributed by atoms with E-state index in [0.717, 1.165) is 23.7 Å². The number of sulfone groups is 1. The van der Waals surface area contributed by atoms with Gasteiger partial charge in [0.25, 0.3) is 0 Å². The molecule has 3 aromatic rings. The molecular weight excluding hydrogens is 537 g/mol. The summed E-state index contributed by atoms with van der Waals surface area (Å²) < 4.78 is 37.0. The van der Waals surface area contributed by atoms with Crippen molar-refractivity contribution in [2.45, 2.75) is 94.8 Å². The van der Waals surface area contributed by atoms with Gasteiger partial charge in [-0.15, -0.1) is 11.3 Å². The molecule has 0 atom stereocenters. The van der Waals surface area contributed by atoms with Crippen LogP contribution in [0.4, 0.5) is 0 Å². The minimum absolute atomic E-state index is 0.403. The molecule has 1 aliphatic heterocycles. The van der Waals surface area contributed by atoms with Crippen molar-refractivity contribution in [3.63, 3.8) is 0 Å². The highest BCUT2D eigenvalue weighted by Crippen LogP contribution is 2.39. The van der Waals surface area contributed by atoms with E-state index in [2.05, 4.69) is 24.3 Å². The number of fused-ring (bicyclic) bond motifs is 2. The summed E-state index contributed by atoms with van der Waals surface area (Å²) in [6.45, 7) is 0. The average Bonchev–Trinajstić information content (AvgIpc) is 3.52. The minimum Gasteiger partial charge on any atom is -0.497 e. The highest BCUT2D eigenvalue weighted by atomic mass is 32.2. The SMILES string of the molecule is COc1ccc2c(c1)S(=O)(=O)C(CCC1CCCCC1)=C2.COc1ccc2cc(CCC3CCCCC3)sc2c1. The zero-order chi connectivity index (χ0) is 28.0. The fraction of sp³-hybridized carbons (Fsp3) is 0.529. The maximum absolute atomic E-state index is 12.6. The van der Waals surface area contributed by atoms with Gasteiger partial charge < -0.3 is 9.47 Å². The van der Waals surface area contributed by atoms with Crippen LogP contribution in [-0.2, 0) is 16.3 Å². The van der Waals surface area contributed by atoms with Crippen LogP contribution < -0.4 is 9.47 Å². The molecule has 4 nitrogen and oxygen atoms in total. The van der Waals surface area contributed by atoms with E-state index in [0.29, 0.717) is 27.9 Å². The third-order valence-electron chi connectivity index (χ3n) is 9.00. The van der Waals surface area contributed by atoms with Gasteiger partial charge in [0.1, 0.15) is 11.5 Å². The molecule has 2 aromatic carbocycles. The summed E-state index contributed by atoms with van der Waals surface area (Å²) in [5.74, 6) is 3.24. The summed E-state index contributed by atoms with van der Waals surface area (Å²) in [7, 11) is -0.00754. The number of ether oxygens (including phenoxy) is 2. The van der Waals surface area contributed by atoms with Crippen LogP contribution in [0.2, 0.25) is 0 Å². The smallest absolute Gasteiger partial charge is 0.203 e. The molecule has 0 spiro atoms. The van der Waals surface area contributed by atoms with Gasteiger partial charge in [0.05, 0.1) is 19.1 Å². The Morgan fingerprint density at radius 1 is 0.750 bits per heavy atom.